The molecule has 16 heavy (non-hydrogen) atoms. The van der Waals surface area contributed by atoms with Crippen LogP contribution in [0.15, 0.2) is 23.8 Å². The molecule has 0 saturated carbocycles. The Hall–Kier alpha value is -1.69. The smallest absolute Gasteiger partial charge is 0.357 e. The van der Waals surface area contributed by atoms with Gasteiger partial charge < -0.3 is 4.74 Å². The zero-order valence-corrected chi connectivity index (χ0v) is 9.61. The first kappa shape index (κ1) is 10.8. The summed E-state index contributed by atoms with van der Waals surface area (Å²) in [6.07, 6.45) is 3.51. The van der Waals surface area contributed by atoms with Gasteiger partial charge in [-0.15, -0.1) is 11.3 Å². The number of hydrogen-bond acceptors (Lipinski definition) is 5. The largest absolute Gasteiger partial charge is 0.459 e. The van der Waals surface area contributed by atoms with Gasteiger partial charge >= 0.3 is 5.97 Å². The van der Waals surface area contributed by atoms with Crippen molar-refractivity contribution in [1.29, 1.82) is 0 Å². The van der Waals surface area contributed by atoms with Gasteiger partial charge in [-0.1, -0.05) is 0 Å². The summed E-state index contributed by atoms with van der Waals surface area (Å²) in [5.74, 6) is -0.378. The van der Waals surface area contributed by atoms with Gasteiger partial charge in [-0.05, 0) is 13.0 Å². The molecule has 0 aliphatic heterocycles. The van der Waals surface area contributed by atoms with E-state index in [2.05, 4.69) is 10.1 Å². The van der Waals surface area contributed by atoms with Crippen molar-refractivity contribution in [3.63, 3.8) is 0 Å². The summed E-state index contributed by atoms with van der Waals surface area (Å²) in [6.45, 7) is 2.71. The van der Waals surface area contributed by atoms with Crippen LogP contribution in [-0.2, 0) is 11.3 Å². The number of esters is 1. The Kier molecular flexibility index (Phi) is 3.31. The molecule has 0 atom stereocenters. The highest BCUT2D eigenvalue weighted by atomic mass is 32.1. The first-order valence-corrected chi connectivity index (χ1v) is 5.70. The highest BCUT2D eigenvalue weighted by molar-refractivity contribution is 7.09. The van der Waals surface area contributed by atoms with Crippen LogP contribution in [0.5, 0.6) is 0 Å². The number of nitrogens with zero attached hydrogens (tertiary/aromatic N) is 3. The van der Waals surface area contributed by atoms with E-state index in [0.29, 0.717) is 18.8 Å². The fraction of sp³-hybridized carbons (Fsp3) is 0.300. The van der Waals surface area contributed by atoms with E-state index >= 15 is 0 Å². The molecule has 0 aromatic carbocycles. The Balaban J connectivity index is 1.80. The van der Waals surface area contributed by atoms with Crippen molar-refractivity contribution >= 4 is 17.3 Å². The molecule has 0 saturated heterocycles. The maximum Gasteiger partial charge on any atom is 0.357 e. The lowest BCUT2D eigenvalue weighted by molar-refractivity contribution is 0.0481. The molecule has 0 aliphatic rings. The molecule has 0 N–H and O–H groups in total. The van der Waals surface area contributed by atoms with E-state index in [-0.39, 0.29) is 5.97 Å². The Morgan fingerprint density at radius 1 is 1.62 bits per heavy atom. The van der Waals surface area contributed by atoms with Crippen LogP contribution in [0.1, 0.15) is 15.5 Å². The van der Waals surface area contributed by atoms with E-state index in [0.717, 1.165) is 5.01 Å². The van der Waals surface area contributed by atoms with E-state index in [1.165, 1.54) is 11.3 Å². The molecule has 2 rings (SSSR count). The van der Waals surface area contributed by atoms with E-state index < -0.39 is 0 Å². The van der Waals surface area contributed by atoms with Gasteiger partial charge in [0.25, 0.3) is 0 Å². The molecule has 5 nitrogen and oxygen atoms in total. The van der Waals surface area contributed by atoms with E-state index in [4.69, 9.17) is 4.74 Å². The van der Waals surface area contributed by atoms with Gasteiger partial charge in [0.1, 0.15) is 6.61 Å². The summed E-state index contributed by atoms with van der Waals surface area (Å²) in [4.78, 5) is 15.5. The lowest BCUT2D eigenvalue weighted by Crippen LogP contribution is -2.12. The number of aryl methyl sites for hydroxylation is 1. The summed E-state index contributed by atoms with van der Waals surface area (Å²) in [6, 6.07) is 1.83. The molecule has 0 unspecified atom stereocenters. The first-order chi connectivity index (χ1) is 7.75. The van der Waals surface area contributed by atoms with Gasteiger partial charge in [0.2, 0.25) is 0 Å². The Morgan fingerprint density at radius 2 is 2.50 bits per heavy atom. The van der Waals surface area contributed by atoms with Gasteiger partial charge in [-0.25, -0.2) is 9.78 Å². The lowest BCUT2D eigenvalue weighted by Gasteiger charge is -2.02. The zero-order chi connectivity index (χ0) is 11.4. The molecular weight excluding hydrogens is 226 g/mol. The second-order valence-electron chi connectivity index (χ2n) is 3.16. The standard InChI is InChI=1S/C10H11N3O2S/c1-8-12-9(7-16-8)10(14)15-6-5-13-4-2-3-11-13/h2-4,7H,5-6H2,1H3. The minimum Gasteiger partial charge on any atom is -0.459 e. The van der Waals surface area contributed by atoms with Crippen molar-refractivity contribution in [1.82, 2.24) is 14.8 Å². The molecule has 0 amide bonds. The van der Waals surface area contributed by atoms with Gasteiger partial charge in [0.15, 0.2) is 5.69 Å². The average Bonchev–Trinajstić information content (AvgIpc) is 2.89. The maximum absolute atomic E-state index is 11.5. The monoisotopic (exact) mass is 237 g/mol. The third-order valence-corrected chi connectivity index (χ3v) is 2.71. The van der Waals surface area contributed by atoms with E-state index in [1.807, 2.05) is 19.2 Å². The Bertz CT molecular complexity index is 464. The van der Waals surface area contributed by atoms with Crippen molar-refractivity contribution in [2.24, 2.45) is 0 Å². The van der Waals surface area contributed by atoms with Gasteiger partial charge in [0.05, 0.1) is 11.6 Å². The summed E-state index contributed by atoms with van der Waals surface area (Å²) in [7, 11) is 0. The minimum absolute atomic E-state index is 0.303. The van der Waals surface area contributed by atoms with Crippen LogP contribution >= 0.6 is 11.3 Å². The molecule has 2 aromatic rings. The summed E-state index contributed by atoms with van der Waals surface area (Å²) >= 11 is 1.43. The number of hydrogen-bond donors (Lipinski definition) is 0. The first-order valence-electron chi connectivity index (χ1n) is 4.82. The SMILES string of the molecule is Cc1nc(C(=O)OCCn2cccn2)cs1. The number of thiazole rings is 1. The summed E-state index contributed by atoms with van der Waals surface area (Å²) < 4.78 is 6.77. The van der Waals surface area contributed by atoms with Crippen LogP contribution in [0.4, 0.5) is 0 Å². The molecule has 84 valence electrons. The highest BCUT2D eigenvalue weighted by Gasteiger charge is 2.10. The molecular formula is C10H11N3O2S. The number of carbonyl (C=O) groups excluding carboxylic acids is 1. The van der Waals surface area contributed by atoms with Crippen LogP contribution < -0.4 is 0 Å². The van der Waals surface area contributed by atoms with Crippen molar-refractivity contribution < 1.29 is 9.53 Å². The van der Waals surface area contributed by atoms with Crippen molar-refractivity contribution in [3.8, 4) is 0 Å². The van der Waals surface area contributed by atoms with Crippen LogP contribution in [0.3, 0.4) is 0 Å². The van der Waals surface area contributed by atoms with Crippen LogP contribution in [-0.4, -0.2) is 27.3 Å². The normalized spacial score (nSPS) is 10.3. The molecule has 2 aromatic heterocycles. The Morgan fingerprint density at radius 3 is 3.12 bits per heavy atom. The molecule has 0 radical (unpaired) electrons. The topological polar surface area (TPSA) is 57.0 Å². The van der Waals surface area contributed by atoms with Crippen molar-refractivity contribution in [2.45, 2.75) is 13.5 Å². The number of aromatic nitrogens is 3. The van der Waals surface area contributed by atoms with Crippen LogP contribution in [0, 0.1) is 6.92 Å². The minimum atomic E-state index is -0.378. The fourth-order valence-electron chi connectivity index (χ4n) is 1.20. The zero-order valence-electron chi connectivity index (χ0n) is 8.79. The molecule has 0 spiro atoms. The second kappa shape index (κ2) is 4.89. The number of rotatable bonds is 4. The third-order valence-electron chi connectivity index (χ3n) is 1.94. The predicted octanol–water partition coefficient (Wildman–Crippen LogP) is 1.51. The molecule has 0 fully saturated rings. The van der Waals surface area contributed by atoms with E-state index in [1.54, 1.807) is 16.3 Å². The van der Waals surface area contributed by atoms with Gasteiger partial charge in [0, 0.05) is 17.8 Å². The van der Waals surface area contributed by atoms with Gasteiger partial charge in [-0.3, -0.25) is 4.68 Å². The molecule has 2 heterocycles. The summed E-state index contributed by atoms with van der Waals surface area (Å²) in [5, 5.41) is 6.56. The fourth-order valence-corrected chi connectivity index (χ4v) is 1.78. The third kappa shape index (κ3) is 2.66. The molecule has 0 bridgehead atoms. The molecule has 0 aliphatic carbocycles. The van der Waals surface area contributed by atoms with E-state index in [9.17, 15) is 4.79 Å². The molecule has 6 heteroatoms. The number of carbonyl (C=O) groups is 1. The van der Waals surface area contributed by atoms with Crippen molar-refractivity contribution in [2.75, 3.05) is 6.61 Å². The van der Waals surface area contributed by atoms with Gasteiger partial charge in [-0.2, -0.15) is 5.10 Å². The summed E-state index contributed by atoms with van der Waals surface area (Å²) in [5.41, 5.74) is 0.378. The average molecular weight is 237 g/mol. The highest BCUT2D eigenvalue weighted by Crippen LogP contribution is 2.08. The van der Waals surface area contributed by atoms with Crippen molar-refractivity contribution in [3.05, 3.63) is 34.5 Å². The number of ether oxygens (including phenoxy) is 1. The lowest BCUT2D eigenvalue weighted by atomic mass is 10.5. The maximum atomic E-state index is 11.5. The predicted molar refractivity (Wildman–Crippen MR) is 59.4 cm³/mol. The Labute approximate surface area is 96.7 Å². The second-order valence-corrected chi connectivity index (χ2v) is 4.22. The van der Waals surface area contributed by atoms with Crippen LogP contribution in [0.2, 0.25) is 0 Å². The van der Waals surface area contributed by atoms with Crippen LogP contribution in [0.25, 0.3) is 0 Å². The quantitative estimate of drug-likeness (QED) is 0.756.